The van der Waals surface area contributed by atoms with Crippen molar-refractivity contribution in [3.8, 4) is 0 Å². The summed E-state index contributed by atoms with van der Waals surface area (Å²) in [7, 11) is -3.76. The molecule has 1 aliphatic rings. The van der Waals surface area contributed by atoms with Gasteiger partial charge in [0.15, 0.2) is 0 Å². The summed E-state index contributed by atoms with van der Waals surface area (Å²) in [6, 6.07) is 14.3. The van der Waals surface area contributed by atoms with Crippen molar-refractivity contribution >= 4 is 60.1 Å². The number of benzene rings is 3. The van der Waals surface area contributed by atoms with Crippen LogP contribution in [-0.2, 0) is 16.4 Å². The molecule has 0 radical (unpaired) electrons. The molecule has 1 unspecified atom stereocenters. The predicted molar refractivity (Wildman–Crippen MR) is 157 cm³/mol. The summed E-state index contributed by atoms with van der Waals surface area (Å²) < 4.78 is 47.5. The number of sulfonamides is 1. The van der Waals surface area contributed by atoms with Crippen LogP contribution in [0.3, 0.4) is 0 Å². The van der Waals surface area contributed by atoms with Crippen molar-refractivity contribution in [3.05, 3.63) is 97.9 Å². The minimum atomic E-state index is -3.76. The number of aliphatic hydroxyl groups is 1. The number of anilines is 1. The average molecular weight is 650 g/mol. The van der Waals surface area contributed by atoms with E-state index in [-0.39, 0.29) is 36.7 Å². The molecule has 0 saturated heterocycles. The Morgan fingerprint density at radius 3 is 2.50 bits per heavy atom. The molecular weight excluding hydrogens is 623 g/mol. The predicted octanol–water partition coefficient (Wildman–Crippen LogP) is 6.44. The monoisotopic (exact) mass is 648 g/mol. The van der Waals surface area contributed by atoms with E-state index in [9.17, 15) is 22.7 Å². The Morgan fingerprint density at radius 1 is 1.20 bits per heavy atom. The van der Waals surface area contributed by atoms with E-state index in [4.69, 9.17) is 21.8 Å². The van der Waals surface area contributed by atoms with Crippen LogP contribution >= 0.6 is 27.5 Å². The first-order valence-electron chi connectivity index (χ1n) is 12.7. The first kappa shape index (κ1) is 28.6. The molecule has 1 fully saturated rings. The summed E-state index contributed by atoms with van der Waals surface area (Å²) in [6.07, 6.45) is 2.26. The fraction of sp³-hybridized carbons (Fsp3) is 0.276. The SMILES string of the molecule is CS(=O)(=O)N(CCC(O)c1ccc(Cl)cc1Br)c1cc2oc(Cc3ccc(F)cc3)c(C(N)=O)c2cc1C1CC1. The number of nitrogens with two attached hydrogens (primary N) is 1. The van der Waals surface area contributed by atoms with Crippen LogP contribution in [0.5, 0.6) is 0 Å². The smallest absolute Gasteiger partial charge is 0.252 e. The van der Waals surface area contributed by atoms with E-state index < -0.39 is 22.0 Å². The summed E-state index contributed by atoms with van der Waals surface area (Å²) in [6.45, 7) is 0.00607. The molecule has 0 bridgehead atoms. The lowest BCUT2D eigenvalue weighted by molar-refractivity contribution is 0.1000. The van der Waals surface area contributed by atoms with Gasteiger partial charge in [0.25, 0.3) is 5.91 Å². The number of hydrogen-bond donors (Lipinski definition) is 2. The number of furan rings is 1. The molecule has 1 aliphatic carbocycles. The zero-order valence-electron chi connectivity index (χ0n) is 21.5. The van der Waals surface area contributed by atoms with Gasteiger partial charge in [0, 0.05) is 33.9 Å². The molecule has 11 heteroatoms. The van der Waals surface area contributed by atoms with Crippen molar-refractivity contribution in [2.45, 2.75) is 37.7 Å². The fourth-order valence-corrected chi connectivity index (χ4v) is 6.85. The standard InChI is InChI=1S/C29H27BrClFN2O5S/c1-40(37,38)34(11-10-25(35)20-9-6-18(31)13-23(20)30)24-15-26-22(14-21(24)17-4-5-17)28(29(33)36)27(39-26)12-16-2-7-19(32)8-3-16/h2-3,6-9,13-15,17,25,35H,4-5,10-12H2,1H3,(H2,33,36). The van der Waals surface area contributed by atoms with Gasteiger partial charge in [0.1, 0.15) is 17.2 Å². The van der Waals surface area contributed by atoms with Gasteiger partial charge in [0.05, 0.1) is 23.6 Å². The zero-order valence-corrected chi connectivity index (χ0v) is 24.7. The molecule has 0 spiro atoms. The van der Waals surface area contributed by atoms with Crippen molar-refractivity contribution in [1.29, 1.82) is 0 Å². The van der Waals surface area contributed by atoms with Crippen molar-refractivity contribution in [2.24, 2.45) is 5.73 Å². The second-order valence-electron chi connectivity index (χ2n) is 10.1. The number of rotatable bonds is 10. The molecule has 1 saturated carbocycles. The van der Waals surface area contributed by atoms with Crippen molar-refractivity contribution in [1.82, 2.24) is 0 Å². The Labute approximate surface area is 244 Å². The Kier molecular flexibility index (Phi) is 7.98. The van der Waals surface area contributed by atoms with E-state index in [1.54, 1.807) is 42.5 Å². The third-order valence-electron chi connectivity index (χ3n) is 7.05. The van der Waals surface area contributed by atoms with E-state index in [1.807, 2.05) is 0 Å². The Hall–Kier alpha value is -2.92. The Bertz CT molecular complexity index is 1700. The Balaban J connectivity index is 1.55. The topological polar surface area (TPSA) is 114 Å². The first-order chi connectivity index (χ1) is 18.9. The van der Waals surface area contributed by atoms with Crippen LogP contribution in [0.25, 0.3) is 11.0 Å². The molecule has 1 amide bonds. The van der Waals surface area contributed by atoms with Gasteiger partial charge in [-0.2, -0.15) is 0 Å². The van der Waals surface area contributed by atoms with Crippen molar-refractivity contribution in [2.75, 3.05) is 17.1 Å². The van der Waals surface area contributed by atoms with Crippen LogP contribution < -0.4 is 10.0 Å². The van der Waals surface area contributed by atoms with E-state index in [0.717, 1.165) is 30.2 Å². The molecule has 3 N–H and O–H groups in total. The molecule has 5 rings (SSSR count). The molecule has 1 heterocycles. The molecule has 4 aromatic rings. The van der Waals surface area contributed by atoms with Gasteiger partial charge >= 0.3 is 0 Å². The number of hydrogen-bond acceptors (Lipinski definition) is 5. The van der Waals surface area contributed by atoms with Gasteiger partial charge in [-0.3, -0.25) is 9.10 Å². The number of amides is 1. The number of carbonyl (C=O) groups is 1. The maximum absolute atomic E-state index is 13.4. The summed E-state index contributed by atoms with van der Waals surface area (Å²) in [5, 5.41) is 11.9. The van der Waals surface area contributed by atoms with Gasteiger partial charge in [-0.25, -0.2) is 12.8 Å². The molecule has 3 aromatic carbocycles. The van der Waals surface area contributed by atoms with Crippen LogP contribution in [0.2, 0.25) is 5.02 Å². The largest absolute Gasteiger partial charge is 0.460 e. The lowest BCUT2D eigenvalue weighted by atomic mass is 10.0. The van der Waals surface area contributed by atoms with E-state index in [1.165, 1.54) is 16.4 Å². The highest BCUT2D eigenvalue weighted by Crippen LogP contribution is 2.47. The normalized spacial score (nSPS) is 14.4. The summed E-state index contributed by atoms with van der Waals surface area (Å²) in [5.41, 5.74) is 8.85. The summed E-state index contributed by atoms with van der Waals surface area (Å²) in [5.74, 6) is -0.601. The molecule has 0 aliphatic heterocycles. The zero-order chi connectivity index (χ0) is 28.8. The maximum Gasteiger partial charge on any atom is 0.252 e. The van der Waals surface area contributed by atoms with Gasteiger partial charge < -0.3 is 15.3 Å². The van der Waals surface area contributed by atoms with Crippen LogP contribution in [0, 0.1) is 5.82 Å². The Morgan fingerprint density at radius 2 is 1.90 bits per heavy atom. The van der Waals surface area contributed by atoms with Gasteiger partial charge in [-0.05, 0) is 72.2 Å². The van der Waals surface area contributed by atoms with Crippen LogP contribution in [0.15, 0.2) is 63.5 Å². The molecule has 40 heavy (non-hydrogen) atoms. The highest BCUT2D eigenvalue weighted by atomic mass is 79.9. The maximum atomic E-state index is 13.4. The van der Waals surface area contributed by atoms with Gasteiger partial charge in [0.2, 0.25) is 10.0 Å². The molecular formula is C29H27BrClFN2O5S. The van der Waals surface area contributed by atoms with Crippen LogP contribution in [0.4, 0.5) is 10.1 Å². The van der Waals surface area contributed by atoms with E-state index in [0.29, 0.717) is 37.5 Å². The van der Waals surface area contributed by atoms with E-state index in [2.05, 4.69) is 15.9 Å². The first-order valence-corrected chi connectivity index (χ1v) is 15.7. The average Bonchev–Trinajstić information content (AvgIpc) is 3.65. The van der Waals surface area contributed by atoms with Gasteiger partial charge in [-0.15, -0.1) is 0 Å². The third kappa shape index (κ3) is 6.05. The summed E-state index contributed by atoms with van der Waals surface area (Å²) in [4.78, 5) is 12.5. The number of primary amides is 1. The number of halogens is 3. The number of aliphatic hydroxyl groups excluding tert-OH is 1. The van der Waals surface area contributed by atoms with E-state index >= 15 is 0 Å². The lowest BCUT2D eigenvalue weighted by Gasteiger charge is -2.26. The quantitative estimate of drug-likeness (QED) is 0.205. The number of fused-ring (bicyclic) bond motifs is 1. The number of carbonyl (C=O) groups excluding carboxylic acids is 1. The third-order valence-corrected chi connectivity index (χ3v) is 9.15. The van der Waals surface area contributed by atoms with Crippen LogP contribution in [-0.4, -0.2) is 32.2 Å². The molecule has 210 valence electrons. The highest BCUT2D eigenvalue weighted by molar-refractivity contribution is 9.10. The summed E-state index contributed by atoms with van der Waals surface area (Å²) >= 11 is 9.43. The lowest BCUT2D eigenvalue weighted by Crippen LogP contribution is -2.32. The molecule has 7 nitrogen and oxygen atoms in total. The van der Waals surface area contributed by atoms with Crippen molar-refractivity contribution in [3.63, 3.8) is 0 Å². The minimum absolute atomic E-state index is 0.00607. The van der Waals surface area contributed by atoms with Gasteiger partial charge in [-0.1, -0.05) is 45.7 Å². The second kappa shape index (κ2) is 11.2. The fourth-order valence-electron chi connectivity index (χ4n) is 4.95. The van der Waals surface area contributed by atoms with Crippen LogP contribution in [0.1, 0.15) is 64.1 Å². The minimum Gasteiger partial charge on any atom is -0.460 e. The second-order valence-corrected chi connectivity index (χ2v) is 13.3. The molecule has 1 aromatic heterocycles. The number of nitrogens with zero attached hydrogens (tertiary/aromatic N) is 1. The van der Waals surface area contributed by atoms with Crippen molar-refractivity contribution < 1.29 is 27.1 Å². The molecule has 1 atom stereocenters. The highest BCUT2D eigenvalue weighted by Gasteiger charge is 2.33.